The van der Waals surface area contributed by atoms with Crippen molar-refractivity contribution < 1.29 is 0 Å². The van der Waals surface area contributed by atoms with Gasteiger partial charge in [-0.1, -0.05) is 147 Å². The summed E-state index contributed by atoms with van der Waals surface area (Å²) in [7, 11) is 0. The summed E-state index contributed by atoms with van der Waals surface area (Å²) in [4.78, 5) is 15.4. The maximum atomic E-state index is 5.02. The standard InChI is InChI=1S/C43H30N2S2/c1-43(2)34-23-31(21-22-32(34)33-24-40-41(25-35(33)43)47-39-16-10-9-15-38(39)46-40)27-17-19-30(20-18-27)42-44-36(28-11-5-3-6-12-28)26-37(45-42)29-13-7-4-8-14-29/h3-26H,1-2H3. The molecular formula is C43H30N2S2. The van der Waals surface area contributed by atoms with E-state index in [1.807, 2.05) is 35.7 Å². The molecule has 1 aliphatic heterocycles. The summed E-state index contributed by atoms with van der Waals surface area (Å²) in [6.07, 6.45) is 0. The summed E-state index contributed by atoms with van der Waals surface area (Å²) in [5.74, 6) is 0.726. The highest BCUT2D eigenvalue weighted by Gasteiger charge is 2.37. The van der Waals surface area contributed by atoms with Crippen molar-refractivity contribution >= 4 is 23.5 Å². The van der Waals surface area contributed by atoms with Gasteiger partial charge < -0.3 is 0 Å². The number of aromatic nitrogens is 2. The lowest BCUT2D eigenvalue weighted by Gasteiger charge is -2.24. The molecule has 0 unspecified atom stereocenters. The third-order valence-corrected chi connectivity index (χ3v) is 11.9. The summed E-state index contributed by atoms with van der Waals surface area (Å²) in [5.41, 5.74) is 12.8. The van der Waals surface area contributed by atoms with Gasteiger partial charge in [-0.3, -0.25) is 0 Å². The second-order valence-corrected chi connectivity index (χ2v) is 14.8. The van der Waals surface area contributed by atoms with E-state index in [0.717, 1.165) is 33.9 Å². The molecule has 1 aromatic heterocycles. The molecule has 9 rings (SSSR count). The summed E-state index contributed by atoms with van der Waals surface area (Å²) in [6, 6.07) is 52.1. The number of hydrogen-bond donors (Lipinski definition) is 0. The largest absolute Gasteiger partial charge is 0.228 e. The van der Waals surface area contributed by atoms with Crippen molar-refractivity contribution in [1.29, 1.82) is 0 Å². The Morgan fingerprint density at radius 1 is 0.404 bits per heavy atom. The van der Waals surface area contributed by atoms with Crippen LogP contribution in [0.4, 0.5) is 0 Å². The molecule has 2 nitrogen and oxygen atoms in total. The molecule has 7 aromatic rings. The van der Waals surface area contributed by atoms with Crippen LogP contribution in [0.25, 0.3) is 56.2 Å². The molecule has 4 heteroatoms. The molecule has 224 valence electrons. The Labute approximate surface area is 284 Å². The van der Waals surface area contributed by atoms with E-state index in [2.05, 4.69) is 147 Å². The second kappa shape index (κ2) is 11.1. The van der Waals surface area contributed by atoms with Crippen molar-refractivity contribution in [2.24, 2.45) is 0 Å². The Bertz CT molecular complexity index is 2250. The quantitative estimate of drug-likeness (QED) is 0.192. The van der Waals surface area contributed by atoms with E-state index < -0.39 is 0 Å². The SMILES string of the molecule is CC1(C)c2cc(-c3ccc(-c4nc(-c5ccccc5)cc(-c5ccccc5)n4)cc3)ccc2-c2cc3c(cc21)Sc1ccccc1S3. The normalized spacial score (nSPS) is 13.7. The molecule has 0 saturated heterocycles. The topological polar surface area (TPSA) is 25.8 Å². The van der Waals surface area contributed by atoms with E-state index in [1.54, 1.807) is 0 Å². The van der Waals surface area contributed by atoms with Crippen LogP contribution in [0.5, 0.6) is 0 Å². The predicted octanol–water partition coefficient (Wildman–Crippen LogP) is 12.1. The van der Waals surface area contributed by atoms with Gasteiger partial charge in [0.2, 0.25) is 0 Å². The minimum absolute atomic E-state index is 0.0859. The van der Waals surface area contributed by atoms with Gasteiger partial charge in [0.05, 0.1) is 11.4 Å². The van der Waals surface area contributed by atoms with E-state index in [-0.39, 0.29) is 5.41 Å². The van der Waals surface area contributed by atoms with Gasteiger partial charge in [-0.05, 0) is 69.8 Å². The lowest BCUT2D eigenvalue weighted by molar-refractivity contribution is 0.658. The first-order chi connectivity index (χ1) is 23.0. The monoisotopic (exact) mass is 638 g/mol. The smallest absolute Gasteiger partial charge is 0.160 e. The maximum absolute atomic E-state index is 5.02. The van der Waals surface area contributed by atoms with Gasteiger partial charge in [0.15, 0.2) is 5.82 Å². The van der Waals surface area contributed by atoms with E-state index in [0.29, 0.717) is 0 Å². The van der Waals surface area contributed by atoms with E-state index >= 15 is 0 Å². The van der Waals surface area contributed by atoms with Crippen LogP contribution in [0.1, 0.15) is 25.0 Å². The van der Waals surface area contributed by atoms with Gasteiger partial charge in [-0.15, -0.1) is 0 Å². The molecule has 0 fully saturated rings. The molecule has 47 heavy (non-hydrogen) atoms. The average Bonchev–Trinajstić information content (AvgIpc) is 3.35. The lowest BCUT2D eigenvalue weighted by atomic mass is 9.81. The van der Waals surface area contributed by atoms with Crippen LogP contribution >= 0.6 is 23.5 Å². The molecule has 0 saturated carbocycles. The van der Waals surface area contributed by atoms with Gasteiger partial charge in [-0.25, -0.2) is 9.97 Å². The van der Waals surface area contributed by atoms with Crippen LogP contribution in [-0.4, -0.2) is 9.97 Å². The van der Waals surface area contributed by atoms with Crippen LogP contribution in [0.3, 0.4) is 0 Å². The van der Waals surface area contributed by atoms with Crippen LogP contribution < -0.4 is 0 Å². The van der Waals surface area contributed by atoms with E-state index in [4.69, 9.17) is 9.97 Å². The van der Waals surface area contributed by atoms with Gasteiger partial charge in [-0.2, -0.15) is 0 Å². The number of fused-ring (bicyclic) bond motifs is 5. The van der Waals surface area contributed by atoms with Crippen molar-refractivity contribution in [1.82, 2.24) is 9.97 Å². The highest BCUT2D eigenvalue weighted by atomic mass is 32.2. The number of hydrogen-bond acceptors (Lipinski definition) is 4. The highest BCUT2D eigenvalue weighted by Crippen LogP contribution is 2.56. The molecule has 0 N–H and O–H groups in total. The Balaban J connectivity index is 1.07. The van der Waals surface area contributed by atoms with Gasteiger partial charge in [0.25, 0.3) is 0 Å². The summed E-state index contributed by atoms with van der Waals surface area (Å²) in [6.45, 7) is 4.74. The zero-order valence-electron chi connectivity index (χ0n) is 26.1. The third kappa shape index (κ3) is 4.91. The predicted molar refractivity (Wildman–Crippen MR) is 196 cm³/mol. The molecule has 0 spiro atoms. The lowest BCUT2D eigenvalue weighted by Crippen LogP contribution is -2.15. The van der Waals surface area contributed by atoms with Gasteiger partial charge in [0.1, 0.15) is 0 Å². The molecule has 0 atom stereocenters. The Morgan fingerprint density at radius 2 is 0.915 bits per heavy atom. The second-order valence-electron chi connectivity index (χ2n) is 12.7. The molecule has 0 radical (unpaired) electrons. The molecule has 1 aliphatic carbocycles. The highest BCUT2D eigenvalue weighted by molar-refractivity contribution is 8.05. The fourth-order valence-corrected chi connectivity index (χ4v) is 9.11. The van der Waals surface area contributed by atoms with Gasteiger partial charge in [0, 0.05) is 41.7 Å². The summed E-state index contributed by atoms with van der Waals surface area (Å²) < 4.78 is 0. The maximum Gasteiger partial charge on any atom is 0.160 e. The first kappa shape index (κ1) is 28.3. The number of rotatable bonds is 4. The van der Waals surface area contributed by atoms with E-state index in [9.17, 15) is 0 Å². The van der Waals surface area contributed by atoms with Crippen molar-refractivity contribution in [2.45, 2.75) is 38.8 Å². The minimum atomic E-state index is -0.0859. The first-order valence-corrected chi connectivity index (χ1v) is 17.5. The summed E-state index contributed by atoms with van der Waals surface area (Å²) in [5, 5.41) is 0. The number of nitrogens with zero attached hydrogens (tertiary/aromatic N) is 2. The number of benzene rings is 6. The zero-order valence-corrected chi connectivity index (χ0v) is 27.7. The average molecular weight is 639 g/mol. The molecule has 0 bridgehead atoms. The first-order valence-electron chi connectivity index (χ1n) is 15.9. The van der Waals surface area contributed by atoms with Crippen molar-refractivity contribution in [3.63, 3.8) is 0 Å². The Kier molecular flexibility index (Phi) is 6.70. The van der Waals surface area contributed by atoms with Gasteiger partial charge >= 0.3 is 0 Å². The van der Waals surface area contributed by atoms with Crippen molar-refractivity contribution in [3.8, 4) is 56.2 Å². The fourth-order valence-electron chi connectivity index (χ4n) is 6.84. The van der Waals surface area contributed by atoms with Crippen LogP contribution in [0.2, 0.25) is 0 Å². The summed E-state index contributed by atoms with van der Waals surface area (Å²) >= 11 is 3.79. The van der Waals surface area contributed by atoms with Crippen LogP contribution in [0, 0.1) is 0 Å². The minimum Gasteiger partial charge on any atom is -0.228 e. The molecule has 6 aromatic carbocycles. The molecule has 2 heterocycles. The third-order valence-electron chi connectivity index (χ3n) is 9.37. The Hall–Kier alpha value is -4.90. The fraction of sp³-hybridized carbons (Fsp3) is 0.0698. The molecule has 0 amide bonds. The zero-order chi connectivity index (χ0) is 31.5. The molecular weight excluding hydrogens is 609 g/mol. The van der Waals surface area contributed by atoms with Crippen molar-refractivity contribution in [2.75, 3.05) is 0 Å². The van der Waals surface area contributed by atoms with E-state index in [1.165, 1.54) is 53.0 Å². The van der Waals surface area contributed by atoms with Crippen molar-refractivity contribution in [3.05, 3.63) is 157 Å². The Morgan fingerprint density at radius 3 is 1.53 bits per heavy atom. The van der Waals surface area contributed by atoms with Crippen LogP contribution in [0.15, 0.2) is 165 Å². The van der Waals surface area contributed by atoms with Crippen LogP contribution in [-0.2, 0) is 5.41 Å². The molecule has 2 aliphatic rings.